The van der Waals surface area contributed by atoms with Crippen molar-refractivity contribution in [2.24, 2.45) is 5.73 Å². The van der Waals surface area contributed by atoms with Crippen LogP contribution in [0.3, 0.4) is 0 Å². The summed E-state index contributed by atoms with van der Waals surface area (Å²) in [5.74, 6) is 0.0542. The normalized spacial score (nSPS) is 11.1. The lowest BCUT2D eigenvalue weighted by molar-refractivity contribution is 0.602. The number of anilines is 1. The average molecular weight is 259 g/mol. The van der Waals surface area contributed by atoms with Gasteiger partial charge in [-0.1, -0.05) is 12.2 Å². The van der Waals surface area contributed by atoms with Gasteiger partial charge in [-0.2, -0.15) is 0 Å². The van der Waals surface area contributed by atoms with Crippen LogP contribution in [0.4, 0.5) is 5.69 Å². The van der Waals surface area contributed by atoms with Crippen LogP contribution in [0.25, 0.3) is 0 Å². The van der Waals surface area contributed by atoms with Gasteiger partial charge in [0.2, 0.25) is 0 Å². The van der Waals surface area contributed by atoms with Gasteiger partial charge in [0.15, 0.2) is 0 Å². The first-order valence-corrected chi connectivity index (χ1v) is 7.02. The fourth-order valence-corrected chi connectivity index (χ4v) is 1.77. The predicted molar refractivity (Wildman–Crippen MR) is 68.3 cm³/mol. The number of nitrogens with zero attached hydrogens (tertiary/aromatic N) is 1. The third-order valence-electron chi connectivity index (χ3n) is 1.87. The van der Waals surface area contributed by atoms with Crippen molar-refractivity contribution in [2.45, 2.75) is 0 Å². The highest BCUT2D eigenvalue weighted by Crippen LogP contribution is 2.12. The summed E-state index contributed by atoms with van der Waals surface area (Å²) in [6.07, 6.45) is 4.33. The van der Waals surface area contributed by atoms with E-state index in [0.29, 0.717) is 17.8 Å². The first-order valence-electron chi connectivity index (χ1n) is 4.55. The molecule has 0 aliphatic heterocycles. The summed E-state index contributed by atoms with van der Waals surface area (Å²) in [6.45, 7) is 0.306. The van der Waals surface area contributed by atoms with E-state index in [4.69, 9.17) is 18.0 Å². The fourth-order valence-electron chi connectivity index (χ4n) is 1.12. The molecule has 1 aromatic heterocycles. The molecule has 16 heavy (non-hydrogen) atoms. The van der Waals surface area contributed by atoms with Gasteiger partial charge in [0.25, 0.3) is 0 Å². The molecule has 0 spiro atoms. The standard InChI is InChI=1S/C9H13N3O2S2/c1-16(13,14)5-4-12-8-6-11-3-2-7(8)9(10)15/h2-3,6,12H,4-5H2,1H3,(H2,10,15). The Hall–Kier alpha value is -1.21. The van der Waals surface area contributed by atoms with Crippen molar-refractivity contribution in [3.8, 4) is 0 Å². The molecule has 88 valence electrons. The first kappa shape index (κ1) is 12.9. The number of hydrogen-bond acceptors (Lipinski definition) is 5. The van der Waals surface area contributed by atoms with E-state index in [-0.39, 0.29) is 10.7 Å². The summed E-state index contributed by atoms with van der Waals surface area (Å²) < 4.78 is 21.9. The second-order valence-electron chi connectivity index (χ2n) is 3.34. The number of hydrogen-bond donors (Lipinski definition) is 2. The van der Waals surface area contributed by atoms with E-state index in [1.165, 1.54) is 6.26 Å². The maximum absolute atomic E-state index is 10.9. The van der Waals surface area contributed by atoms with Gasteiger partial charge in [-0.3, -0.25) is 4.98 Å². The predicted octanol–water partition coefficient (Wildman–Crippen LogP) is 0.172. The number of nitrogens with one attached hydrogen (secondary N) is 1. The quantitative estimate of drug-likeness (QED) is 0.733. The summed E-state index contributed by atoms with van der Waals surface area (Å²) in [7, 11) is -2.97. The maximum Gasteiger partial charge on any atom is 0.149 e. The molecule has 0 aromatic carbocycles. The minimum atomic E-state index is -2.97. The molecule has 1 heterocycles. The summed E-state index contributed by atoms with van der Waals surface area (Å²) in [4.78, 5) is 4.17. The van der Waals surface area contributed by atoms with Crippen LogP contribution in [0.5, 0.6) is 0 Å². The molecule has 0 amide bonds. The Morgan fingerprint density at radius 2 is 2.31 bits per heavy atom. The highest BCUT2D eigenvalue weighted by molar-refractivity contribution is 7.90. The molecule has 0 aliphatic carbocycles. The van der Waals surface area contributed by atoms with E-state index in [2.05, 4.69) is 10.3 Å². The number of rotatable bonds is 5. The smallest absolute Gasteiger partial charge is 0.149 e. The Kier molecular flexibility index (Phi) is 4.19. The van der Waals surface area contributed by atoms with Crippen LogP contribution < -0.4 is 11.1 Å². The first-order chi connectivity index (χ1) is 7.40. The number of pyridine rings is 1. The second kappa shape index (κ2) is 5.22. The Balaban J connectivity index is 2.71. The highest BCUT2D eigenvalue weighted by atomic mass is 32.2. The molecule has 1 aromatic rings. The molecule has 0 aliphatic rings. The summed E-state index contributed by atoms with van der Waals surface area (Å²) in [5.41, 5.74) is 6.83. The number of thiocarbonyl (C=S) groups is 1. The van der Waals surface area contributed by atoms with E-state index in [1.807, 2.05) is 0 Å². The molecule has 0 saturated carbocycles. The Morgan fingerprint density at radius 1 is 1.62 bits per heavy atom. The maximum atomic E-state index is 10.9. The van der Waals surface area contributed by atoms with Crippen molar-refractivity contribution in [3.63, 3.8) is 0 Å². The van der Waals surface area contributed by atoms with Crippen molar-refractivity contribution in [1.82, 2.24) is 4.98 Å². The molecule has 0 atom stereocenters. The lowest BCUT2D eigenvalue weighted by Crippen LogP contribution is -2.18. The number of aromatic nitrogens is 1. The molecule has 0 radical (unpaired) electrons. The lowest BCUT2D eigenvalue weighted by atomic mass is 10.2. The minimum Gasteiger partial charge on any atom is -0.389 e. The third-order valence-corrected chi connectivity index (χ3v) is 3.04. The number of nitrogens with two attached hydrogens (primary N) is 1. The number of sulfone groups is 1. The van der Waals surface area contributed by atoms with E-state index < -0.39 is 9.84 Å². The molecule has 7 heteroatoms. The van der Waals surface area contributed by atoms with Gasteiger partial charge in [0, 0.05) is 24.6 Å². The van der Waals surface area contributed by atoms with Gasteiger partial charge in [-0.25, -0.2) is 8.42 Å². The Labute approximate surface area is 100.0 Å². The van der Waals surface area contributed by atoms with Crippen LogP contribution in [0, 0.1) is 0 Å². The average Bonchev–Trinajstić information content (AvgIpc) is 2.16. The van der Waals surface area contributed by atoms with Gasteiger partial charge in [-0.15, -0.1) is 0 Å². The molecular formula is C9H13N3O2S2. The monoisotopic (exact) mass is 259 g/mol. The molecule has 0 bridgehead atoms. The third kappa shape index (κ3) is 4.11. The summed E-state index contributed by atoms with van der Waals surface area (Å²) in [5, 5.41) is 2.94. The molecular weight excluding hydrogens is 246 g/mol. The molecule has 1 rings (SSSR count). The van der Waals surface area contributed by atoms with Crippen LogP contribution in [-0.4, -0.2) is 36.9 Å². The summed E-state index contributed by atoms with van der Waals surface area (Å²) >= 11 is 4.87. The van der Waals surface area contributed by atoms with E-state index >= 15 is 0 Å². The Bertz CT molecular complexity index is 485. The summed E-state index contributed by atoms with van der Waals surface area (Å²) in [6, 6.07) is 1.69. The highest BCUT2D eigenvalue weighted by Gasteiger charge is 2.06. The largest absolute Gasteiger partial charge is 0.389 e. The molecule has 0 saturated heterocycles. The van der Waals surface area contributed by atoms with Crippen molar-refractivity contribution in [2.75, 3.05) is 23.9 Å². The molecule has 0 unspecified atom stereocenters. The zero-order valence-electron chi connectivity index (χ0n) is 8.80. The lowest BCUT2D eigenvalue weighted by Gasteiger charge is -2.09. The zero-order valence-corrected chi connectivity index (χ0v) is 10.4. The minimum absolute atomic E-state index is 0.0542. The molecule has 0 fully saturated rings. The van der Waals surface area contributed by atoms with E-state index in [1.54, 1.807) is 18.5 Å². The Morgan fingerprint density at radius 3 is 2.88 bits per heavy atom. The van der Waals surface area contributed by atoms with Gasteiger partial charge in [0.05, 0.1) is 17.6 Å². The van der Waals surface area contributed by atoms with E-state index in [9.17, 15) is 8.42 Å². The van der Waals surface area contributed by atoms with Crippen molar-refractivity contribution < 1.29 is 8.42 Å². The zero-order chi connectivity index (χ0) is 12.2. The van der Waals surface area contributed by atoms with Gasteiger partial charge < -0.3 is 11.1 Å². The SMILES string of the molecule is CS(=O)(=O)CCNc1cnccc1C(N)=S. The van der Waals surface area contributed by atoms with Crippen molar-refractivity contribution in [3.05, 3.63) is 24.0 Å². The van der Waals surface area contributed by atoms with Gasteiger partial charge in [0.1, 0.15) is 14.8 Å². The van der Waals surface area contributed by atoms with Crippen molar-refractivity contribution >= 4 is 32.7 Å². The van der Waals surface area contributed by atoms with Gasteiger partial charge in [-0.05, 0) is 6.07 Å². The van der Waals surface area contributed by atoms with E-state index in [0.717, 1.165) is 0 Å². The molecule has 3 N–H and O–H groups in total. The van der Waals surface area contributed by atoms with Crippen LogP contribution in [0.15, 0.2) is 18.5 Å². The second-order valence-corrected chi connectivity index (χ2v) is 6.04. The van der Waals surface area contributed by atoms with Crippen LogP contribution in [0.1, 0.15) is 5.56 Å². The van der Waals surface area contributed by atoms with Crippen molar-refractivity contribution in [1.29, 1.82) is 0 Å². The molecule has 5 nitrogen and oxygen atoms in total. The van der Waals surface area contributed by atoms with Crippen LogP contribution in [0.2, 0.25) is 0 Å². The van der Waals surface area contributed by atoms with Crippen LogP contribution >= 0.6 is 12.2 Å². The topological polar surface area (TPSA) is 85.1 Å². The van der Waals surface area contributed by atoms with Gasteiger partial charge >= 0.3 is 0 Å². The van der Waals surface area contributed by atoms with Crippen LogP contribution in [-0.2, 0) is 9.84 Å². The fraction of sp³-hybridized carbons (Fsp3) is 0.333.